The van der Waals surface area contributed by atoms with Crippen molar-refractivity contribution in [2.24, 2.45) is 5.73 Å². The predicted molar refractivity (Wildman–Crippen MR) is 137 cm³/mol. The Labute approximate surface area is 225 Å². The Morgan fingerprint density at radius 3 is 2.38 bits per heavy atom. The van der Waals surface area contributed by atoms with Gasteiger partial charge in [-0.25, -0.2) is 9.37 Å². The number of ether oxygens (including phenoxy) is 2. The molecule has 13 heteroatoms. The number of nitrogens with zero attached hydrogens (tertiary/aromatic N) is 3. The monoisotopic (exact) mass is 557 g/mol. The largest absolute Gasteiger partial charge is 0.494 e. The van der Waals surface area contributed by atoms with Crippen LogP contribution in [0.15, 0.2) is 66.9 Å². The minimum Gasteiger partial charge on any atom is -0.494 e. The smallest absolute Gasteiger partial charge is 0.429 e. The highest BCUT2D eigenvalue weighted by Crippen LogP contribution is 2.38. The molecule has 0 bridgehead atoms. The van der Waals surface area contributed by atoms with E-state index in [1.807, 2.05) is 0 Å². The standard InChI is InChI=1S/C27H23F4N5O4/c1-39-21-4-2-3-17(23(21)28)19-10-9-16(13-34-19)24(27(29,30)31)40-22-12-20(35-26(33)36-22)15-7-5-14(6-8-15)11-18(32)25(37)38/h2-10,12-13,18,24H,11,32H2,1H3,(H,37,38)(H2,33,35,36)/t18-,24?/m0/s1. The minimum absolute atomic E-state index is 0.0319. The van der Waals surface area contributed by atoms with Gasteiger partial charge in [-0.05, 0) is 30.2 Å². The quantitative estimate of drug-likeness (QED) is 0.252. The molecule has 40 heavy (non-hydrogen) atoms. The van der Waals surface area contributed by atoms with Crippen LogP contribution in [0, 0.1) is 5.82 Å². The molecule has 0 amide bonds. The summed E-state index contributed by atoms with van der Waals surface area (Å²) in [4.78, 5) is 22.8. The number of alkyl halides is 3. The maximum Gasteiger partial charge on any atom is 0.429 e. The van der Waals surface area contributed by atoms with Gasteiger partial charge in [-0.15, -0.1) is 0 Å². The second-order valence-electron chi connectivity index (χ2n) is 8.63. The van der Waals surface area contributed by atoms with Crippen LogP contribution in [-0.4, -0.2) is 45.4 Å². The van der Waals surface area contributed by atoms with Gasteiger partial charge in [-0.3, -0.25) is 9.78 Å². The lowest BCUT2D eigenvalue weighted by Crippen LogP contribution is -2.32. The maximum atomic E-state index is 14.6. The van der Waals surface area contributed by atoms with E-state index in [1.54, 1.807) is 24.3 Å². The van der Waals surface area contributed by atoms with Crippen molar-refractivity contribution in [2.45, 2.75) is 24.7 Å². The van der Waals surface area contributed by atoms with Crippen molar-refractivity contribution in [3.05, 3.63) is 83.8 Å². The molecule has 2 aromatic heterocycles. The van der Waals surface area contributed by atoms with Crippen LogP contribution in [0.5, 0.6) is 11.6 Å². The molecule has 0 aliphatic heterocycles. The Bertz CT molecular complexity index is 1500. The van der Waals surface area contributed by atoms with Crippen molar-refractivity contribution in [3.63, 3.8) is 0 Å². The number of hydrogen-bond donors (Lipinski definition) is 3. The zero-order valence-corrected chi connectivity index (χ0v) is 20.9. The minimum atomic E-state index is -4.87. The van der Waals surface area contributed by atoms with Crippen molar-refractivity contribution in [1.29, 1.82) is 0 Å². The molecular formula is C27H23F4N5O4. The number of carboxylic acid groups (broad SMARTS) is 1. The van der Waals surface area contributed by atoms with Gasteiger partial charge in [0.05, 0.1) is 18.5 Å². The Kier molecular flexibility index (Phi) is 8.14. The number of aliphatic carboxylic acids is 1. The van der Waals surface area contributed by atoms with Crippen LogP contribution in [0.4, 0.5) is 23.5 Å². The summed E-state index contributed by atoms with van der Waals surface area (Å²) in [5.74, 6) is -2.64. The first kappa shape index (κ1) is 28.2. The van der Waals surface area contributed by atoms with Gasteiger partial charge in [0.25, 0.3) is 0 Å². The number of hydrogen-bond acceptors (Lipinski definition) is 8. The predicted octanol–water partition coefficient (Wildman–Crippen LogP) is 4.57. The Balaban J connectivity index is 1.60. The van der Waals surface area contributed by atoms with Crippen molar-refractivity contribution in [3.8, 4) is 34.1 Å². The van der Waals surface area contributed by atoms with E-state index in [2.05, 4.69) is 15.0 Å². The summed E-state index contributed by atoms with van der Waals surface area (Å²) >= 11 is 0. The SMILES string of the molecule is COc1cccc(-c2ccc(C(Oc3cc(-c4ccc(C[C@H](N)C(=O)O)cc4)nc(N)n3)C(F)(F)F)cn2)c1F. The third-order valence-electron chi connectivity index (χ3n) is 5.83. The molecule has 0 spiro atoms. The van der Waals surface area contributed by atoms with Gasteiger partial charge < -0.3 is 26.0 Å². The molecule has 1 unspecified atom stereocenters. The number of benzene rings is 2. The number of nitrogens with two attached hydrogens (primary N) is 2. The number of anilines is 1. The fraction of sp³-hybridized carbons (Fsp3) is 0.185. The normalized spacial score (nSPS) is 12.9. The van der Waals surface area contributed by atoms with Crippen LogP contribution in [-0.2, 0) is 11.2 Å². The molecule has 0 aliphatic rings. The van der Waals surface area contributed by atoms with Gasteiger partial charge in [0.15, 0.2) is 11.6 Å². The second kappa shape index (κ2) is 11.5. The topological polar surface area (TPSA) is 146 Å². The lowest BCUT2D eigenvalue weighted by Gasteiger charge is -2.22. The third-order valence-corrected chi connectivity index (χ3v) is 5.83. The number of nitrogen functional groups attached to an aromatic ring is 1. The number of carboxylic acids is 1. The van der Waals surface area contributed by atoms with Crippen LogP contribution in [0.25, 0.3) is 22.5 Å². The average Bonchev–Trinajstić information content (AvgIpc) is 2.91. The van der Waals surface area contributed by atoms with Crippen molar-refractivity contribution < 1.29 is 36.9 Å². The van der Waals surface area contributed by atoms with E-state index in [9.17, 15) is 22.4 Å². The van der Waals surface area contributed by atoms with E-state index in [1.165, 1.54) is 37.4 Å². The number of pyridine rings is 1. The van der Waals surface area contributed by atoms with Crippen LogP contribution >= 0.6 is 0 Å². The molecule has 0 saturated carbocycles. The molecule has 0 fully saturated rings. The summed E-state index contributed by atoms with van der Waals surface area (Å²) in [6.07, 6.45) is -6.31. The molecule has 208 valence electrons. The molecule has 0 radical (unpaired) electrons. The van der Waals surface area contributed by atoms with Gasteiger partial charge in [-0.1, -0.05) is 36.4 Å². The summed E-state index contributed by atoms with van der Waals surface area (Å²) in [6, 6.07) is 13.3. The fourth-order valence-corrected chi connectivity index (χ4v) is 3.83. The van der Waals surface area contributed by atoms with Crippen LogP contribution < -0.4 is 20.9 Å². The first-order chi connectivity index (χ1) is 19.0. The average molecular weight is 558 g/mol. The molecule has 2 aromatic carbocycles. The first-order valence-electron chi connectivity index (χ1n) is 11.7. The molecule has 9 nitrogen and oxygen atoms in total. The lowest BCUT2D eigenvalue weighted by molar-refractivity contribution is -0.198. The molecule has 5 N–H and O–H groups in total. The maximum absolute atomic E-state index is 14.6. The van der Waals surface area contributed by atoms with E-state index in [4.69, 9.17) is 26.0 Å². The third kappa shape index (κ3) is 6.43. The molecule has 2 heterocycles. The van der Waals surface area contributed by atoms with E-state index < -0.39 is 36.0 Å². The molecule has 4 aromatic rings. The highest BCUT2D eigenvalue weighted by atomic mass is 19.4. The summed E-state index contributed by atoms with van der Waals surface area (Å²) in [7, 11) is 1.29. The van der Waals surface area contributed by atoms with Crippen molar-refractivity contribution in [2.75, 3.05) is 12.8 Å². The van der Waals surface area contributed by atoms with Gasteiger partial charge >= 0.3 is 12.1 Å². The van der Waals surface area contributed by atoms with Gasteiger partial charge in [0.1, 0.15) is 6.04 Å². The number of carbonyl (C=O) groups is 1. The first-order valence-corrected chi connectivity index (χ1v) is 11.7. The highest BCUT2D eigenvalue weighted by Gasteiger charge is 2.43. The van der Waals surface area contributed by atoms with Crippen molar-refractivity contribution >= 4 is 11.9 Å². The van der Waals surface area contributed by atoms with Crippen LogP contribution in [0.1, 0.15) is 17.2 Å². The molecule has 4 rings (SSSR count). The summed E-state index contributed by atoms with van der Waals surface area (Å²) in [6.45, 7) is 0. The molecule has 2 atom stereocenters. The molecule has 0 saturated heterocycles. The van der Waals surface area contributed by atoms with Gasteiger partial charge in [0.2, 0.25) is 17.9 Å². The summed E-state index contributed by atoms with van der Waals surface area (Å²) < 4.78 is 66.9. The number of halogens is 4. The fourth-order valence-electron chi connectivity index (χ4n) is 3.83. The molecule has 0 aliphatic carbocycles. The Hall–Kier alpha value is -4.78. The van der Waals surface area contributed by atoms with Gasteiger partial charge in [0, 0.05) is 29.0 Å². The van der Waals surface area contributed by atoms with Crippen LogP contribution in [0.2, 0.25) is 0 Å². The van der Waals surface area contributed by atoms with E-state index in [0.29, 0.717) is 11.1 Å². The number of rotatable bonds is 9. The Morgan fingerprint density at radius 2 is 1.77 bits per heavy atom. The molecular weight excluding hydrogens is 534 g/mol. The zero-order chi connectivity index (χ0) is 29.0. The van der Waals surface area contributed by atoms with E-state index in [0.717, 1.165) is 12.3 Å². The number of methoxy groups -OCH3 is 1. The highest BCUT2D eigenvalue weighted by molar-refractivity contribution is 5.73. The van der Waals surface area contributed by atoms with Gasteiger partial charge in [-0.2, -0.15) is 18.2 Å². The zero-order valence-electron chi connectivity index (χ0n) is 20.9. The summed E-state index contributed by atoms with van der Waals surface area (Å²) in [5.41, 5.74) is 12.4. The lowest BCUT2D eigenvalue weighted by atomic mass is 10.0. The second-order valence-corrected chi connectivity index (χ2v) is 8.63. The van der Waals surface area contributed by atoms with Crippen molar-refractivity contribution in [1.82, 2.24) is 15.0 Å². The number of aromatic nitrogens is 3. The Morgan fingerprint density at radius 1 is 1.05 bits per heavy atom. The van der Waals surface area contributed by atoms with E-state index in [-0.39, 0.29) is 40.6 Å². The van der Waals surface area contributed by atoms with Crippen LogP contribution in [0.3, 0.4) is 0 Å². The summed E-state index contributed by atoms with van der Waals surface area (Å²) in [5, 5.41) is 8.97. The van der Waals surface area contributed by atoms with E-state index >= 15 is 0 Å².